The quantitative estimate of drug-likeness (QED) is 0.533. The van der Waals surface area contributed by atoms with Gasteiger partial charge in [-0.15, -0.1) is 0 Å². The molecule has 0 amide bonds. The summed E-state index contributed by atoms with van der Waals surface area (Å²) in [5.41, 5.74) is 1.12. The first-order valence-corrected chi connectivity index (χ1v) is 3.87. The normalized spacial score (nSPS) is 16.2. The molecule has 0 radical (unpaired) electrons. The SMILES string of the molecule is C/C=C\C(C)=N/C(C)CC. The summed E-state index contributed by atoms with van der Waals surface area (Å²) in [6.07, 6.45) is 5.17. The molecule has 0 N–H and O–H groups in total. The molecule has 0 fully saturated rings. The molecule has 0 rings (SSSR count). The number of allylic oxidation sites excluding steroid dienone is 2. The van der Waals surface area contributed by atoms with Gasteiger partial charge < -0.3 is 0 Å². The molecule has 1 heteroatoms. The van der Waals surface area contributed by atoms with Crippen LogP contribution in [-0.4, -0.2) is 11.8 Å². The molecule has 0 aromatic heterocycles. The Labute approximate surface area is 63.9 Å². The van der Waals surface area contributed by atoms with E-state index in [-0.39, 0.29) is 0 Å². The van der Waals surface area contributed by atoms with Gasteiger partial charge in [-0.1, -0.05) is 13.0 Å². The van der Waals surface area contributed by atoms with Crippen molar-refractivity contribution >= 4 is 5.71 Å². The molecule has 0 saturated heterocycles. The highest BCUT2D eigenvalue weighted by atomic mass is 14.8. The van der Waals surface area contributed by atoms with Gasteiger partial charge in [0.05, 0.1) is 0 Å². The van der Waals surface area contributed by atoms with Crippen molar-refractivity contribution in [2.75, 3.05) is 0 Å². The van der Waals surface area contributed by atoms with Crippen molar-refractivity contribution in [1.29, 1.82) is 0 Å². The molecule has 1 atom stereocenters. The van der Waals surface area contributed by atoms with Gasteiger partial charge >= 0.3 is 0 Å². The van der Waals surface area contributed by atoms with Gasteiger partial charge in [-0.3, -0.25) is 4.99 Å². The Morgan fingerprint density at radius 2 is 2.20 bits per heavy atom. The van der Waals surface area contributed by atoms with Crippen LogP contribution < -0.4 is 0 Å². The van der Waals surface area contributed by atoms with Crippen LogP contribution in [0.25, 0.3) is 0 Å². The fourth-order valence-corrected chi connectivity index (χ4v) is 0.723. The monoisotopic (exact) mass is 139 g/mol. The number of hydrogen-bond acceptors (Lipinski definition) is 1. The van der Waals surface area contributed by atoms with Gasteiger partial charge in [0.15, 0.2) is 0 Å². The van der Waals surface area contributed by atoms with Crippen LogP contribution in [0, 0.1) is 0 Å². The average molecular weight is 139 g/mol. The summed E-state index contributed by atoms with van der Waals surface area (Å²) in [6, 6.07) is 0.469. The van der Waals surface area contributed by atoms with E-state index in [9.17, 15) is 0 Å². The van der Waals surface area contributed by atoms with Gasteiger partial charge in [0.25, 0.3) is 0 Å². The molecule has 0 aromatic carbocycles. The summed E-state index contributed by atoms with van der Waals surface area (Å²) in [5, 5.41) is 0. The van der Waals surface area contributed by atoms with Gasteiger partial charge in [0.2, 0.25) is 0 Å². The summed E-state index contributed by atoms with van der Waals surface area (Å²) in [7, 11) is 0. The smallest absolute Gasteiger partial charge is 0.0472 e. The van der Waals surface area contributed by atoms with E-state index in [2.05, 4.69) is 18.8 Å². The first-order valence-electron chi connectivity index (χ1n) is 3.87. The van der Waals surface area contributed by atoms with Crippen molar-refractivity contribution in [2.45, 2.75) is 40.2 Å². The fourth-order valence-electron chi connectivity index (χ4n) is 0.723. The van der Waals surface area contributed by atoms with E-state index in [0.29, 0.717) is 6.04 Å². The molecular formula is C9H17N. The van der Waals surface area contributed by atoms with Crippen LogP contribution in [0.2, 0.25) is 0 Å². The highest BCUT2D eigenvalue weighted by Gasteiger charge is 1.92. The summed E-state index contributed by atoms with van der Waals surface area (Å²) in [5.74, 6) is 0. The minimum absolute atomic E-state index is 0.469. The third-order valence-electron chi connectivity index (χ3n) is 1.42. The molecule has 0 aliphatic rings. The van der Waals surface area contributed by atoms with E-state index in [1.165, 1.54) is 0 Å². The minimum Gasteiger partial charge on any atom is -0.287 e. The minimum atomic E-state index is 0.469. The second-order valence-corrected chi connectivity index (χ2v) is 2.53. The van der Waals surface area contributed by atoms with Crippen LogP contribution in [0.1, 0.15) is 34.1 Å². The maximum atomic E-state index is 4.42. The summed E-state index contributed by atoms with van der Waals surface area (Å²) in [4.78, 5) is 4.42. The van der Waals surface area contributed by atoms with Crippen LogP contribution >= 0.6 is 0 Å². The Kier molecular flexibility index (Phi) is 4.91. The number of rotatable bonds is 3. The van der Waals surface area contributed by atoms with Crippen LogP contribution in [0.3, 0.4) is 0 Å². The lowest BCUT2D eigenvalue weighted by Gasteiger charge is -2.00. The molecule has 0 saturated carbocycles. The Morgan fingerprint density at radius 1 is 1.60 bits per heavy atom. The van der Waals surface area contributed by atoms with E-state index in [4.69, 9.17) is 0 Å². The number of hydrogen-bond donors (Lipinski definition) is 0. The maximum absolute atomic E-state index is 4.42. The molecule has 58 valence electrons. The topological polar surface area (TPSA) is 12.4 Å². The van der Waals surface area contributed by atoms with Crippen molar-refractivity contribution in [3.05, 3.63) is 12.2 Å². The van der Waals surface area contributed by atoms with Gasteiger partial charge in [-0.25, -0.2) is 0 Å². The van der Waals surface area contributed by atoms with E-state index < -0.39 is 0 Å². The maximum Gasteiger partial charge on any atom is 0.0472 e. The molecule has 0 heterocycles. The molecule has 0 spiro atoms. The largest absolute Gasteiger partial charge is 0.287 e. The number of aliphatic imine (C=N–C) groups is 1. The van der Waals surface area contributed by atoms with E-state index in [0.717, 1.165) is 12.1 Å². The van der Waals surface area contributed by atoms with Crippen molar-refractivity contribution in [3.8, 4) is 0 Å². The Bertz CT molecular complexity index is 134. The Morgan fingerprint density at radius 3 is 2.60 bits per heavy atom. The van der Waals surface area contributed by atoms with E-state index >= 15 is 0 Å². The second kappa shape index (κ2) is 5.21. The lowest BCUT2D eigenvalue weighted by atomic mass is 10.2. The van der Waals surface area contributed by atoms with Gasteiger partial charge in [0.1, 0.15) is 0 Å². The lowest BCUT2D eigenvalue weighted by Crippen LogP contribution is -1.98. The molecule has 0 bridgehead atoms. The predicted molar refractivity (Wildman–Crippen MR) is 47.7 cm³/mol. The van der Waals surface area contributed by atoms with Crippen molar-refractivity contribution in [1.82, 2.24) is 0 Å². The second-order valence-electron chi connectivity index (χ2n) is 2.53. The first kappa shape index (κ1) is 9.41. The average Bonchev–Trinajstić information content (AvgIpc) is 1.88. The van der Waals surface area contributed by atoms with Gasteiger partial charge in [-0.05, 0) is 33.3 Å². The zero-order valence-electron chi connectivity index (χ0n) is 7.39. The predicted octanol–water partition coefficient (Wildman–Crippen LogP) is 2.82. The van der Waals surface area contributed by atoms with Crippen molar-refractivity contribution in [2.24, 2.45) is 4.99 Å². The first-order chi connectivity index (χ1) is 4.70. The number of nitrogens with zero attached hydrogens (tertiary/aromatic N) is 1. The third-order valence-corrected chi connectivity index (χ3v) is 1.42. The van der Waals surface area contributed by atoms with Crippen LogP contribution in [-0.2, 0) is 0 Å². The molecular weight excluding hydrogens is 122 g/mol. The Balaban J connectivity index is 3.89. The molecule has 1 nitrogen and oxygen atoms in total. The van der Waals surface area contributed by atoms with Gasteiger partial charge in [-0.2, -0.15) is 0 Å². The van der Waals surface area contributed by atoms with Crippen LogP contribution in [0.15, 0.2) is 17.1 Å². The lowest BCUT2D eigenvalue weighted by molar-refractivity contribution is 0.717. The highest BCUT2D eigenvalue weighted by molar-refractivity contribution is 5.92. The zero-order valence-corrected chi connectivity index (χ0v) is 7.39. The fraction of sp³-hybridized carbons (Fsp3) is 0.667. The standard InChI is InChI=1S/C9H17N/c1-5-7-9(4)10-8(3)6-2/h5,7-8H,6H2,1-4H3/b7-5-,10-9-. The molecule has 1 unspecified atom stereocenters. The molecule has 10 heavy (non-hydrogen) atoms. The summed E-state index contributed by atoms with van der Waals surface area (Å²) >= 11 is 0. The van der Waals surface area contributed by atoms with Crippen molar-refractivity contribution < 1.29 is 0 Å². The van der Waals surface area contributed by atoms with Crippen LogP contribution in [0.4, 0.5) is 0 Å². The highest BCUT2D eigenvalue weighted by Crippen LogP contribution is 1.96. The summed E-state index contributed by atoms with van der Waals surface area (Å²) < 4.78 is 0. The summed E-state index contributed by atoms with van der Waals surface area (Å²) in [6.45, 7) is 8.33. The molecule has 0 aliphatic carbocycles. The Hall–Kier alpha value is -0.590. The zero-order chi connectivity index (χ0) is 7.98. The van der Waals surface area contributed by atoms with E-state index in [1.54, 1.807) is 0 Å². The van der Waals surface area contributed by atoms with Crippen molar-refractivity contribution in [3.63, 3.8) is 0 Å². The molecule has 0 aliphatic heterocycles. The van der Waals surface area contributed by atoms with Crippen LogP contribution in [0.5, 0.6) is 0 Å². The third kappa shape index (κ3) is 4.30. The molecule has 0 aromatic rings. The van der Waals surface area contributed by atoms with E-state index in [1.807, 2.05) is 26.0 Å². The van der Waals surface area contributed by atoms with Gasteiger partial charge in [0, 0.05) is 11.8 Å².